The van der Waals surface area contributed by atoms with E-state index >= 15 is 0 Å². The molecule has 0 aromatic heterocycles. The first kappa shape index (κ1) is 14.0. The second kappa shape index (κ2) is 4.00. The van der Waals surface area contributed by atoms with Gasteiger partial charge in [-0.1, -0.05) is 24.3 Å². The van der Waals surface area contributed by atoms with E-state index in [1.165, 1.54) is 0 Å². The second-order valence-electron chi connectivity index (χ2n) is 6.01. The van der Waals surface area contributed by atoms with E-state index in [9.17, 15) is 16.8 Å². The number of fused-ring (bicyclic) bond motifs is 5. The highest BCUT2D eigenvalue weighted by Crippen LogP contribution is 2.59. The highest BCUT2D eigenvalue weighted by molar-refractivity contribution is 7.97. The van der Waals surface area contributed by atoms with Gasteiger partial charge in [-0.05, 0) is 48.2 Å². The van der Waals surface area contributed by atoms with Crippen LogP contribution in [-0.4, -0.2) is 16.8 Å². The van der Waals surface area contributed by atoms with Crippen LogP contribution >= 0.6 is 0 Å². The topological polar surface area (TPSA) is 68.3 Å². The van der Waals surface area contributed by atoms with Gasteiger partial charge in [0.05, 0.1) is 9.79 Å². The van der Waals surface area contributed by atoms with Crippen molar-refractivity contribution in [2.24, 2.45) is 0 Å². The zero-order valence-corrected chi connectivity index (χ0v) is 13.7. The predicted molar refractivity (Wildman–Crippen MR) is 82.2 cm³/mol. The highest BCUT2D eigenvalue weighted by Gasteiger charge is 2.58. The molecule has 0 spiro atoms. The summed E-state index contributed by atoms with van der Waals surface area (Å²) in [5.74, 6) is 0. The van der Waals surface area contributed by atoms with Crippen LogP contribution in [0.2, 0.25) is 0 Å². The third-order valence-electron chi connectivity index (χ3n) is 4.51. The van der Waals surface area contributed by atoms with Gasteiger partial charge in [-0.25, -0.2) is 16.8 Å². The molecule has 6 heteroatoms. The van der Waals surface area contributed by atoms with E-state index in [-0.39, 0.29) is 9.79 Å². The van der Waals surface area contributed by atoms with E-state index in [1.807, 2.05) is 0 Å². The molecule has 0 saturated heterocycles. The van der Waals surface area contributed by atoms with Crippen LogP contribution in [0.1, 0.15) is 32.8 Å². The van der Waals surface area contributed by atoms with Crippen molar-refractivity contribution >= 4 is 19.7 Å². The van der Waals surface area contributed by atoms with Crippen LogP contribution in [0.4, 0.5) is 0 Å². The summed E-state index contributed by atoms with van der Waals surface area (Å²) in [7, 11) is -7.36. The van der Waals surface area contributed by atoms with Gasteiger partial charge in [0.15, 0.2) is 19.7 Å². The van der Waals surface area contributed by atoms with Crippen molar-refractivity contribution in [1.82, 2.24) is 0 Å². The lowest BCUT2D eigenvalue weighted by Gasteiger charge is -2.08. The first-order valence-corrected chi connectivity index (χ1v) is 10.0. The summed E-state index contributed by atoms with van der Waals surface area (Å²) >= 11 is 0. The summed E-state index contributed by atoms with van der Waals surface area (Å²) in [6.07, 6.45) is 0. The zero-order valence-electron chi connectivity index (χ0n) is 12.1. The molecule has 22 heavy (non-hydrogen) atoms. The average molecular weight is 334 g/mol. The molecule has 0 saturated carbocycles. The minimum atomic E-state index is -3.68. The molecule has 2 unspecified atom stereocenters. The molecule has 114 valence electrons. The maximum absolute atomic E-state index is 12.9. The largest absolute Gasteiger partial charge is 0.223 e. The molecule has 0 bridgehead atoms. The van der Waals surface area contributed by atoms with E-state index in [0.29, 0.717) is 11.1 Å². The molecule has 2 atom stereocenters. The van der Waals surface area contributed by atoms with Crippen molar-refractivity contribution in [3.05, 3.63) is 58.7 Å². The van der Waals surface area contributed by atoms with Crippen LogP contribution in [0.25, 0.3) is 0 Å². The molecule has 0 N–H and O–H groups in total. The Kier molecular flexibility index (Phi) is 2.54. The molecule has 0 fully saturated rings. The second-order valence-corrected chi connectivity index (χ2v) is 10.1. The molecule has 2 aromatic carbocycles. The SMILES string of the molecule is Cc1ccc2c(c1)S(=O)(=O)C1c3ccc(C)cc3S(=O)(=O)C21. The molecule has 2 aliphatic heterocycles. The fourth-order valence-corrected chi connectivity index (χ4v) is 8.85. The first-order chi connectivity index (χ1) is 10.2. The third kappa shape index (κ3) is 1.51. The van der Waals surface area contributed by atoms with Crippen LogP contribution in [0.5, 0.6) is 0 Å². The van der Waals surface area contributed by atoms with Gasteiger partial charge in [0.25, 0.3) is 0 Å². The van der Waals surface area contributed by atoms with Crippen molar-refractivity contribution < 1.29 is 16.8 Å². The Balaban J connectivity index is 2.12. The summed E-state index contributed by atoms with van der Waals surface area (Å²) in [6.45, 7) is 3.60. The first-order valence-electron chi connectivity index (χ1n) is 6.93. The van der Waals surface area contributed by atoms with Gasteiger partial charge < -0.3 is 0 Å². The quantitative estimate of drug-likeness (QED) is 0.743. The number of sulfone groups is 2. The molecular weight excluding hydrogens is 320 g/mol. The summed E-state index contributed by atoms with van der Waals surface area (Å²) in [5, 5.41) is -2.02. The van der Waals surface area contributed by atoms with Gasteiger partial charge in [-0.3, -0.25) is 0 Å². The summed E-state index contributed by atoms with van der Waals surface area (Å²) < 4.78 is 51.6. The lowest BCUT2D eigenvalue weighted by Crippen LogP contribution is -2.10. The predicted octanol–water partition coefficient (Wildman–Crippen LogP) is 2.66. The van der Waals surface area contributed by atoms with Crippen molar-refractivity contribution in [2.75, 3.05) is 0 Å². The molecule has 0 aliphatic carbocycles. The van der Waals surface area contributed by atoms with Gasteiger partial charge in [0.1, 0.15) is 10.5 Å². The fraction of sp³-hybridized carbons (Fsp3) is 0.250. The van der Waals surface area contributed by atoms with Crippen LogP contribution in [0.15, 0.2) is 46.2 Å². The third-order valence-corrected chi connectivity index (χ3v) is 9.00. The molecule has 4 rings (SSSR count). The van der Waals surface area contributed by atoms with E-state index in [4.69, 9.17) is 0 Å². The Morgan fingerprint density at radius 3 is 1.41 bits per heavy atom. The Morgan fingerprint density at radius 2 is 1.05 bits per heavy atom. The Bertz CT molecular complexity index is 948. The highest BCUT2D eigenvalue weighted by atomic mass is 32.2. The van der Waals surface area contributed by atoms with Crippen molar-refractivity contribution in [3.8, 4) is 0 Å². The standard InChI is InChI=1S/C16H14O4S2/c1-9-3-5-11-13(7-9)21(17,18)16-12-6-4-10(2)8-14(12)22(19,20)15(11)16/h3-8,15-16H,1-2H3. The lowest BCUT2D eigenvalue weighted by atomic mass is 10.0. The van der Waals surface area contributed by atoms with Crippen LogP contribution < -0.4 is 0 Å². The minimum Gasteiger partial charge on any atom is -0.223 e. The van der Waals surface area contributed by atoms with Crippen LogP contribution in [0, 0.1) is 13.8 Å². The fourth-order valence-electron chi connectivity index (χ4n) is 3.51. The number of aryl methyl sites for hydroxylation is 2. The van der Waals surface area contributed by atoms with Crippen LogP contribution in [0.3, 0.4) is 0 Å². The molecule has 0 radical (unpaired) electrons. The van der Waals surface area contributed by atoms with E-state index < -0.39 is 30.2 Å². The molecule has 2 heterocycles. The minimum absolute atomic E-state index is 0.164. The summed E-state index contributed by atoms with van der Waals surface area (Å²) in [4.78, 5) is 0.328. The van der Waals surface area contributed by atoms with E-state index in [2.05, 4.69) is 0 Å². The number of hydrogen-bond acceptors (Lipinski definition) is 4. The van der Waals surface area contributed by atoms with Crippen LogP contribution in [-0.2, 0) is 19.7 Å². The van der Waals surface area contributed by atoms with Gasteiger partial charge in [0, 0.05) is 0 Å². The van der Waals surface area contributed by atoms with E-state index in [0.717, 1.165) is 11.1 Å². The number of rotatable bonds is 0. The monoisotopic (exact) mass is 334 g/mol. The molecule has 2 aliphatic rings. The summed E-state index contributed by atoms with van der Waals surface area (Å²) in [6, 6.07) is 9.96. The zero-order chi connectivity index (χ0) is 15.9. The Labute approximate surface area is 129 Å². The summed E-state index contributed by atoms with van der Waals surface area (Å²) in [5.41, 5.74) is 2.43. The average Bonchev–Trinajstić information content (AvgIpc) is 2.81. The Morgan fingerprint density at radius 1 is 0.682 bits per heavy atom. The number of hydrogen-bond donors (Lipinski definition) is 0. The smallest absolute Gasteiger partial charge is 0.187 e. The van der Waals surface area contributed by atoms with Crippen molar-refractivity contribution in [1.29, 1.82) is 0 Å². The molecule has 2 aromatic rings. The number of benzene rings is 2. The Hall–Kier alpha value is -1.66. The molecule has 4 nitrogen and oxygen atoms in total. The molecule has 0 amide bonds. The van der Waals surface area contributed by atoms with Gasteiger partial charge in [-0.2, -0.15) is 0 Å². The molecular formula is C16H14O4S2. The van der Waals surface area contributed by atoms with E-state index in [1.54, 1.807) is 50.2 Å². The normalized spacial score (nSPS) is 26.3. The van der Waals surface area contributed by atoms with Gasteiger partial charge >= 0.3 is 0 Å². The maximum Gasteiger partial charge on any atom is 0.187 e. The van der Waals surface area contributed by atoms with Crippen molar-refractivity contribution in [3.63, 3.8) is 0 Å². The van der Waals surface area contributed by atoms with Gasteiger partial charge in [-0.15, -0.1) is 0 Å². The lowest BCUT2D eigenvalue weighted by molar-refractivity contribution is 0.578. The van der Waals surface area contributed by atoms with Crippen molar-refractivity contribution in [2.45, 2.75) is 34.1 Å². The van der Waals surface area contributed by atoms with Gasteiger partial charge in [0.2, 0.25) is 0 Å². The maximum atomic E-state index is 12.9.